The molecule has 2 aromatic carbocycles. The minimum Gasteiger partial charge on any atom is -0.352 e. The maximum Gasteiger partial charge on any atom is 0.275 e. The van der Waals surface area contributed by atoms with E-state index >= 15 is 0 Å². The van der Waals surface area contributed by atoms with Crippen LogP contribution in [0.15, 0.2) is 60.2 Å². The number of piperazine rings is 1. The molecule has 1 fully saturated rings. The van der Waals surface area contributed by atoms with Crippen molar-refractivity contribution < 1.29 is 4.79 Å². The van der Waals surface area contributed by atoms with Crippen LogP contribution in [0.3, 0.4) is 0 Å². The fourth-order valence-electron chi connectivity index (χ4n) is 4.44. The quantitative estimate of drug-likeness (QED) is 0.434. The molecule has 4 heterocycles. The predicted octanol–water partition coefficient (Wildman–Crippen LogP) is 4.51. The Morgan fingerprint density at radius 2 is 1.79 bits per heavy atom. The fourth-order valence-corrected chi connectivity index (χ4v) is 5.35. The van der Waals surface area contributed by atoms with Crippen molar-refractivity contribution in [2.45, 2.75) is 6.92 Å². The van der Waals surface area contributed by atoms with Crippen LogP contribution < -0.4 is 4.90 Å². The van der Waals surface area contributed by atoms with Crippen LogP contribution in [0.1, 0.15) is 16.1 Å². The lowest BCUT2D eigenvalue weighted by Crippen LogP contribution is -2.49. The van der Waals surface area contributed by atoms with Crippen molar-refractivity contribution in [3.05, 3.63) is 71.5 Å². The molecule has 0 unspecified atom stereocenters. The Morgan fingerprint density at radius 3 is 2.61 bits per heavy atom. The summed E-state index contributed by atoms with van der Waals surface area (Å²) >= 11 is 1.64. The topological polar surface area (TPSA) is 78.0 Å². The van der Waals surface area contributed by atoms with Crippen molar-refractivity contribution in [3.8, 4) is 11.1 Å². The van der Waals surface area contributed by atoms with Crippen LogP contribution in [0.25, 0.3) is 32.2 Å². The number of hydrogen-bond acceptors (Lipinski definition) is 6. The molecule has 0 bridgehead atoms. The van der Waals surface area contributed by atoms with E-state index in [9.17, 15) is 4.79 Å². The first-order chi connectivity index (χ1) is 16.2. The Morgan fingerprint density at radius 1 is 1.00 bits per heavy atom. The summed E-state index contributed by atoms with van der Waals surface area (Å²) in [5.74, 6) is 0.907. The number of thiophene rings is 1. The van der Waals surface area contributed by atoms with Gasteiger partial charge in [0.1, 0.15) is 17.0 Å². The van der Waals surface area contributed by atoms with Crippen LogP contribution in [-0.4, -0.2) is 57.2 Å². The van der Waals surface area contributed by atoms with Gasteiger partial charge in [0.2, 0.25) is 0 Å². The van der Waals surface area contributed by atoms with Crippen molar-refractivity contribution in [1.29, 1.82) is 0 Å². The van der Waals surface area contributed by atoms with E-state index in [0.717, 1.165) is 32.5 Å². The zero-order valence-electron chi connectivity index (χ0n) is 18.2. The van der Waals surface area contributed by atoms with Crippen molar-refractivity contribution >= 4 is 44.2 Å². The number of nitrogens with one attached hydrogen (secondary N) is 1. The number of fused-ring (bicyclic) bond motifs is 2. The van der Waals surface area contributed by atoms with Crippen molar-refractivity contribution in [3.63, 3.8) is 0 Å². The number of carbonyl (C=O) groups is 1. The highest BCUT2D eigenvalue weighted by atomic mass is 32.1. The van der Waals surface area contributed by atoms with E-state index in [4.69, 9.17) is 0 Å². The number of aromatic amines is 1. The molecule has 33 heavy (non-hydrogen) atoms. The SMILES string of the molecule is Cc1ccc(-c2csc3ncnc(N4CCN(C(=O)c5n[nH]c6ccccc56)CC4)c23)cc1. The Kier molecular flexibility index (Phi) is 4.80. The van der Waals surface area contributed by atoms with Crippen LogP contribution in [0.4, 0.5) is 5.82 Å². The molecular formula is C25H22N6OS. The van der Waals surface area contributed by atoms with Crippen molar-refractivity contribution in [1.82, 2.24) is 25.1 Å². The highest BCUT2D eigenvalue weighted by molar-refractivity contribution is 7.17. The molecule has 0 saturated carbocycles. The number of anilines is 1. The van der Waals surface area contributed by atoms with Gasteiger partial charge in [-0.05, 0) is 18.6 Å². The Hall–Kier alpha value is -3.78. The second kappa shape index (κ2) is 7.97. The first-order valence-electron chi connectivity index (χ1n) is 11.0. The smallest absolute Gasteiger partial charge is 0.275 e. The van der Waals surface area contributed by atoms with Gasteiger partial charge in [0.15, 0.2) is 5.69 Å². The molecule has 164 valence electrons. The van der Waals surface area contributed by atoms with Gasteiger partial charge in [0.25, 0.3) is 5.91 Å². The highest BCUT2D eigenvalue weighted by Gasteiger charge is 2.27. The Labute approximate surface area is 194 Å². The number of nitrogens with zero attached hydrogens (tertiary/aromatic N) is 5. The molecular weight excluding hydrogens is 432 g/mol. The van der Waals surface area contributed by atoms with E-state index in [2.05, 4.69) is 61.6 Å². The molecule has 7 nitrogen and oxygen atoms in total. The zero-order chi connectivity index (χ0) is 22.4. The average molecular weight is 455 g/mol. The van der Waals surface area contributed by atoms with Gasteiger partial charge in [-0.25, -0.2) is 9.97 Å². The first kappa shape index (κ1) is 19.9. The minimum atomic E-state index is -0.0317. The van der Waals surface area contributed by atoms with Crippen LogP contribution in [0.2, 0.25) is 0 Å². The Bertz CT molecular complexity index is 1460. The van der Waals surface area contributed by atoms with Crippen LogP contribution in [0.5, 0.6) is 0 Å². The van der Waals surface area contributed by atoms with Gasteiger partial charge in [0, 0.05) is 42.5 Å². The number of carbonyl (C=O) groups excluding carboxylic acids is 1. The normalized spacial score (nSPS) is 14.3. The van der Waals surface area contributed by atoms with E-state index in [-0.39, 0.29) is 5.91 Å². The summed E-state index contributed by atoms with van der Waals surface area (Å²) in [4.78, 5) is 27.5. The molecule has 1 N–H and O–H groups in total. The lowest BCUT2D eigenvalue weighted by atomic mass is 10.0. The molecule has 0 radical (unpaired) electrons. The van der Waals surface area contributed by atoms with Gasteiger partial charge in [-0.3, -0.25) is 9.89 Å². The van der Waals surface area contributed by atoms with E-state index in [1.54, 1.807) is 17.7 Å². The van der Waals surface area contributed by atoms with Gasteiger partial charge < -0.3 is 9.80 Å². The standard InChI is InChI=1S/C25H22N6OS/c1-16-6-8-17(9-7-16)19-14-33-24-21(19)23(26-15-27-24)30-10-12-31(13-11-30)25(32)22-18-4-2-3-5-20(18)28-29-22/h2-9,14-15H,10-13H2,1H3,(H,28,29). The molecule has 6 rings (SSSR count). The van der Waals surface area contributed by atoms with Gasteiger partial charge in [-0.15, -0.1) is 11.3 Å². The molecule has 3 aromatic heterocycles. The third kappa shape index (κ3) is 3.43. The van der Waals surface area contributed by atoms with E-state index in [1.165, 1.54) is 11.1 Å². The summed E-state index contributed by atoms with van der Waals surface area (Å²) in [6, 6.07) is 16.3. The van der Waals surface area contributed by atoms with E-state index in [1.807, 2.05) is 29.2 Å². The fraction of sp³-hybridized carbons (Fsp3) is 0.200. The summed E-state index contributed by atoms with van der Waals surface area (Å²) in [7, 11) is 0. The molecule has 1 amide bonds. The van der Waals surface area contributed by atoms with Crippen LogP contribution >= 0.6 is 11.3 Å². The lowest BCUT2D eigenvalue weighted by Gasteiger charge is -2.35. The zero-order valence-corrected chi connectivity index (χ0v) is 19.0. The maximum atomic E-state index is 13.2. The van der Waals surface area contributed by atoms with Gasteiger partial charge in [0.05, 0.1) is 10.9 Å². The third-order valence-electron chi connectivity index (χ3n) is 6.25. The number of aromatic nitrogens is 4. The molecule has 1 aliphatic heterocycles. The number of benzene rings is 2. The summed E-state index contributed by atoms with van der Waals surface area (Å²) in [6.07, 6.45) is 1.64. The molecule has 5 aromatic rings. The molecule has 0 atom stereocenters. The van der Waals surface area contributed by atoms with Crippen LogP contribution in [0, 0.1) is 6.92 Å². The maximum absolute atomic E-state index is 13.2. The second-order valence-electron chi connectivity index (χ2n) is 8.29. The molecule has 1 aliphatic rings. The van der Waals surface area contributed by atoms with Gasteiger partial charge >= 0.3 is 0 Å². The first-order valence-corrected chi connectivity index (χ1v) is 11.8. The number of hydrogen-bond donors (Lipinski definition) is 1. The highest BCUT2D eigenvalue weighted by Crippen LogP contribution is 2.38. The molecule has 0 spiro atoms. The second-order valence-corrected chi connectivity index (χ2v) is 9.15. The number of aryl methyl sites for hydroxylation is 1. The average Bonchev–Trinajstić information content (AvgIpc) is 3.49. The van der Waals surface area contributed by atoms with Crippen LogP contribution in [-0.2, 0) is 0 Å². The van der Waals surface area contributed by atoms with E-state index in [0.29, 0.717) is 31.9 Å². The summed E-state index contributed by atoms with van der Waals surface area (Å²) in [5.41, 5.74) is 4.93. The summed E-state index contributed by atoms with van der Waals surface area (Å²) in [5, 5.41) is 11.4. The minimum absolute atomic E-state index is 0.0317. The summed E-state index contributed by atoms with van der Waals surface area (Å²) in [6.45, 7) is 4.76. The number of rotatable bonds is 3. The Balaban J connectivity index is 1.27. The lowest BCUT2D eigenvalue weighted by molar-refractivity contribution is 0.0742. The number of para-hydroxylation sites is 1. The monoisotopic (exact) mass is 454 g/mol. The largest absolute Gasteiger partial charge is 0.352 e. The molecule has 0 aliphatic carbocycles. The van der Waals surface area contributed by atoms with E-state index < -0.39 is 0 Å². The molecule has 8 heteroatoms. The number of amides is 1. The number of H-pyrrole nitrogens is 1. The predicted molar refractivity (Wildman–Crippen MR) is 132 cm³/mol. The third-order valence-corrected chi connectivity index (χ3v) is 7.14. The van der Waals surface area contributed by atoms with Crippen molar-refractivity contribution in [2.24, 2.45) is 0 Å². The molecule has 1 saturated heterocycles. The van der Waals surface area contributed by atoms with Crippen molar-refractivity contribution in [2.75, 3.05) is 31.1 Å². The van der Waals surface area contributed by atoms with Gasteiger partial charge in [-0.1, -0.05) is 48.0 Å². The van der Waals surface area contributed by atoms with Gasteiger partial charge in [-0.2, -0.15) is 5.10 Å². The summed E-state index contributed by atoms with van der Waals surface area (Å²) < 4.78 is 0.